The first kappa shape index (κ1) is 13.7. The number of fused-ring (bicyclic) bond motifs is 1. The summed E-state index contributed by atoms with van der Waals surface area (Å²) in [4.78, 5) is 15.8. The Morgan fingerprint density at radius 3 is 2.86 bits per heavy atom. The minimum Gasteiger partial charge on any atom is -0.465 e. The van der Waals surface area contributed by atoms with Crippen LogP contribution in [0.5, 0.6) is 0 Å². The van der Waals surface area contributed by atoms with Crippen molar-refractivity contribution in [1.29, 1.82) is 0 Å². The fourth-order valence-corrected chi connectivity index (χ4v) is 2.40. The molecular weight excluding hydrogens is 341 g/mol. The molecular formula is C14H9BrFN3O2. The van der Waals surface area contributed by atoms with Crippen LogP contribution in [0.4, 0.5) is 4.39 Å². The Morgan fingerprint density at radius 1 is 1.33 bits per heavy atom. The van der Waals surface area contributed by atoms with Crippen LogP contribution < -0.4 is 0 Å². The van der Waals surface area contributed by atoms with Crippen molar-refractivity contribution >= 4 is 27.5 Å². The molecule has 1 aromatic carbocycles. The van der Waals surface area contributed by atoms with E-state index in [4.69, 9.17) is 0 Å². The maximum atomic E-state index is 13.4. The highest BCUT2D eigenvalue weighted by atomic mass is 79.9. The third kappa shape index (κ3) is 2.64. The smallest absolute Gasteiger partial charge is 0.338 e. The molecule has 5 nitrogen and oxygen atoms in total. The number of hydrogen-bond donors (Lipinski definition) is 0. The molecule has 0 fully saturated rings. The van der Waals surface area contributed by atoms with Crippen LogP contribution in [0.15, 0.2) is 41.0 Å². The maximum Gasteiger partial charge on any atom is 0.338 e. The first-order chi connectivity index (χ1) is 10.1. The first-order valence-corrected chi connectivity index (χ1v) is 6.77. The van der Waals surface area contributed by atoms with Crippen molar-refractivity contribution in [1.82, 2.24) is 14.6 Å². The number of rotatable bonds is 2. The van der Waals surface area contributed by atoms with E-state index in [9.17, 15) is 9.18 Å². The van der Waals surface area contributed by atoms with Crippen LogP contribution in [0, 0.1) is 5.82 Å². The molecule has 7 heteroatoms. The largest absolute Gasteiger partial charge is 0.465 e. The summed E-state index contributed by atoms with van der Waals surface area (Å²) >= 11 is 3.23. The lowest BCUT2D eigenvalue weighted by Gasteiger charge is -1.97. The zero-order valence-electron chi connectivity index (χ0n) is 10.9. The van der Waals surface area contributed by atoms with E-state index in [1.54, 1.807) is 24.4 Å². The number of hydrogen-bond acceptors (Lipinski definition) is 4. The van der Waals surface area contributed by atoms with Gasteiger partial charge < -0.3 is 4.74 Å². The maximum absolute atomic E-state index is 13.4. The van der Waals surface area contributed by atoms with Crippen molar-refractivity contribution in [3.8, 4) is 11.4 Å². The van der Waals surface area contributed by atoms with Gasteiger partial charge in [0.1, 0.15) is 5.82 Å². The fourth-order valence-electron chi connectivity index (χ4n) is 1.93. The van der Waals surface area contributed by atoms with Gasteiger partial charge in [-0.1, -0.05) is 15.9 Å². The molecule has 0 saturated carbocycles. The lowest BCUT2D eigenvalue weighted by Crippen LogP contribution is -2.02. The van der Waals surface area contributed by atoms with E-state index in [0.717, 1.165) is 0 Å². The molecule has 0 N–H and O–H groups in total. The summed E-state index contributed by atoms with van der Waals surface area (Å²) in [6, 6.07) is 7.57. The standard InChI is InChI=1S/C14H9BrFN3O2/c1-21-14(20)8-2-3-19-12(6-8)17-13(18-19)9-4-10(15)7-11(16)5-9/h2-7H,1H3. The van der Waals surface area contributed by atoms with E-state index >= 15 is 0 Å². The van der Waals surface area contributed by atoms with E-state index in [1.165, 1.54) is 23.8 Å². The Balaban J connectivity index is 2.10. The number of esters is 1. The van der Waals surface area contributed by atoms with Crippen LogP contribution in [-0.2, 0) is 4.74 Å². The molecule has 2 aromatic heterocycles. The predicted molar refractivity (Wildman–Crippen MR) is 77.4 cm³/mol. The molecule has 0 bridgehead atoms. The number of methoxy groups -OCH3 is 1. The average Bonchev–Trinajstić information content (AvgIpc) is 2.88. The van der Waals surface area contributed by atoms with Crippen LogP contribution in [0.25, 0.3) is 17.0 Å². The molecule has 0 radical (unpaired) electrons. The summed E-state index contributed by atoms with van der Waals surface area (Å²) in [5, 5.41) is 4.26. The Morgan fingerprint density at radius 2 is 2.14 bits per heavy atom. The molecule has 21 heavy (non-hydrogen) atoms. The molecule has 0 aliphatic carbocycles. The van der Waals surface area contributed by atoms with Crippen molar-refractivity contribution in [2.75, 3.05) is 7.11 Å². The molecule has 106 valence electrons. The van der Waals surface area contributed by atoms with Gasteiger partial charge in [-0.3, -0.25) is 0 Å². The summed E-state index contributed by atoms with van der Waals surface area (Å²) in [7, 11) is 1.31. The predicted octanol–water partition coefficient (Wildman–Crippen LogP) is 3.08. The molecule has 0 aliphatic heterocycles. The summed E-state index contributed by atoms with van der Waals surface area (Å²) in [5.41, 5.74) is 1.41. The molecule has 0 unspecified atom stereocenters. The lowest BCUT2D eigenvalue weighted by atomic mass is 10.2. The van der Waals surface area contributed by atoms with Crippen molar-refractivity contribution in [2.45, 2.75) is 0 Å². The summed E-state index contributed by atoms with van der Waals surface area (Å²) in [6.07, 6.45) is 1.60. The van der Waals surface area contributed by atoms with Gasteiger partial charge in [0.15, 0.2) is 11.5 Å². The Hall–Kier alpha value is -2.28. The van der Waals surface area contributed by atoms with Gasteiger partial charge in [-0.05, 0) is 30.3 Å². The second-order valence-electron chi connectivity index (χ2n) is 4.30. The number of ether oxygens (including phenoxy) is 1. The van der Waals surface area contributed by atoms with E-state index < -0.39 is 5.97 Å². The highest BCUT2D eigenvalue weighted by Crippen LogP contribution is 2.22. The third-order valence-electron chi connectivity index (χ3n) is 2.88. The molecule has 0 spiro atoms. The number of aromatic nitrogens is 3. The Labute approximate surface area is 127 Å². The minimum absolute atomic E-state index is 0.372. The molecule has 0 aliphatic rings. The normalized spacial score (nSPS) is 10.8. The summed E-state index contributed by atoms with van der Waals surface area (Å²) < 4.78 is 20.2. The van der Waals surface area contributed by atoms with Gasteiger partial charge >= 0.3 is 5.97 Å². The van der Waals surface area contributed by atoms with Crippen molar-refractivity contribution in [3.05, 3.63) is 52.4 Å². The zero-order chi connectivity index (χ0) is 15.0. The minimum atomic E-state index is -0.449. The number of carbonyl (C=O) groups excluding carboxylic acids is 1. The van der Waals surface area contributed by atoms with Crippen molar-refractivity contribution in [3.63, 3.8) is 0 Å². The van der Waals surface area contributed by atoms with E-state index in [-0.39, 0.29) is 5.82 Å². The monoisotopic (exact) mass is 349 g/mol. The second-order valence-corrected chi connectivity index (χ2v) is 5.22. The molecule has 3 aromatic rings. The number of halogens is 2. The zero-order valence-corrected chi connectivity index (χ0v) is 12.5. The average molecular weight is 350 g/mol. The second kappa shape index (κ2) is 5.25. The summed E-state index contributed by atoms with van der Waals surface area (Å²) in [5.74, 6) is -0.457. The van der Waals surface area contributed by atoms with Crippen molar-refractivity contribution < 1.29 is 13.9 Å². The van der Waals surface area contributed by atoms with Gasteiger partial charge in [-0.25, -0.2) is 18.7 Å². The van der Waals surface area contributed by atoms with Crippen LogP contribution in [0.3, 0.4) is 0 Å². The topological polar surface area (TPSA) is 56.5 Å². The molecule has 3 rings (SSSR count). The molecule has 0 atom stereocenters. The number of carbonyl (C=O) groups is 1. The third-order valence-corrected chi connectivity index (χ3v) is 3.34. The van der Waals surface area contributed by atoms with E-state index in [2.05, 4.69) is 30.7 Å². The van der Waals surface area contributed by atoms with Crippen molar-refractivity contribution in [2.24, 2.45) is 0 Å². The first-order valence-electron chi connectivity index (χ1n) is 5.98. The lowest BCUT2D eigenvalue weighted by molar-refractivity contribution is 0.0600. The van der Waals surface area contributed by atoms with Crippen LogP contribution in [-0.4, -0.2) is 27.7 Å². The van der Waals surface area contributed by atoms with Crippen LogP contribution in [0.2, 0.25) is 0 Å². The van der Waals surface area contributed by atoms with Gasteiger partial charge in [0.05, 0.1) is 12.7 Å². The summed E-state index contributed by atoms with van der Waals surface area (Å²) in [6.45, 7) is 0. The number of pyridine rings is 1. The molecule has 0 amide bonds. The van der Waals surface area contributed by atoms with E-state index in [1.807, 2.05) is 0 Å². The highest BCUT2D eigenvalue weighted by molar-refractivity contribution is 9.10. The fraction of sp³-hybridized carbons (Fsp3) is 0.0714. The Bertz CT molecular complexity index is 827. The molecule has 2 heterocycles. The highest BCUT2D eigenvalue weighted by Gasteiger charge is 2.11. The Kier molecular flexibility index (Phi) is 3.42. The quantitative estimate of drug-likeness (QED) is 0.667. The SMILES string of the molecule is COC(=O)c1ccn2nc(-c3cc(F)cc(Br)c3)nc2c1. The van der Waals surface area contributed by atoms with Gasteiger partial charge in [0, 0.05) is 16.2 Å². The molecule has 0 saturated heterocycles. The van der Waals surface area contributed by atoms with Gasteiger partial charge in [0.25, 0.3) is 0 Å². The van der Waals surface area contributed by atoms with Gasteiger partial charge in [-0.15, -0.1) is 5.10 Å². The van der Waals surface area contributed by atoms with Gasteiger partial charge in [-0.2, -0.15) is 0 Å². The number of nitrogens with zero attached hydrogens (tertiary/aromatic N) is 3. The van der Waals surface area contributed by atoms with Gasteiger partial charge in [0.2, 0.25) is 0 Å². The number of benzene rings is 1. The van der Waals surface area contributed by atoms with Crippen LogP contribution in [0.1, 0.15) is 10.4 Å². The van der Waals surface area contributed by atoms with Crippen LogP contribution >= 0.6 is 15.9 Å². The van der Waals surface area contributed by atoms with E-state index in [0.29, 0.717) is 27.1 Å².